The average molecular weight is 321 g/mol. The highest BCUT2D eigenvalue weighted by Gasteiger charge is 2.25. The first-order valence-corrected chi connectivity index (χ1v) is 8.86. The van der Waals surface area contributed by atoms with Crippen molar-refractivity contribution in [2.24, 2.45) is 0 Å². The van der Waals surface area contributed by atoms with Crippen LogP contribution in [0.1, 0.15) is 29.9 Å². The van der Waals surface area contributed by atoms with Gasteiger partial charge in [0.05, 0.1) is 20.2 Å². The lowest BCUT2D eigenvalue weighted by atomic mass is 9.88. The fourth-order valence-electron chi connectivity index (χ4n) is 4.06. The summed E-state index contributed by atoms with van der Waals surface area (Å²) >= 11 is 0. The number of likely N-dealkylation sites (tertiary alicyclic amines) is 1. The molecule has 0 atom stereocenters. The van der Waals surface area contributed by atoms with E-state index in [4.69, 9.17) is 4.74 Å². The topological polar surface area (TPSA) is 29.5 Å². The zero-order valence-corrected chi connectivity index (χ0v) is 14.2. The number of benzene rings is 2. The van der Waals surface area contributed by atoms with Crippen molar-refractivity contribution in [3.05, 3.63) is 65.9 Å². The molecule has 1 aromatic heterocycles. The SMILES string of the molecule is COc1ccccc1C1CC[NH+](Cc2c[nH]c3ccccc23)CC1. The number of piperidine rings is 1. The number of methoxy groups -OCH3 is 1. The molecule has 1 fully saturated rings. The van der Waals surface area contributed by atoms with Gasteiger partial charge in [0.2, 0.25) is 0 Å². The van der Waals surface area contributed by atoms with Crippen LogP contribution in [-0.4, -0.2) is 25.2 Å². The maximum atomic E-state index is 5.55. The van der Waals surface area contributed by atoms with Crippen LogP contribution in [0.3, 0.4) is 0 Å². The molecule has 0 unspecified atom stereocenters. The molecule has 1 saturated heterocycles. The number of fused-ring (bicyclic) bond motifs is 1. The highest BCUT2D eigenvalue weighted by Crippen LogP contribution is 2.31. The lowest BCUT2D eigenvalue weighted by Gasteiger charge is -2.30. The first-order valence-electron chi connectivity index (χ1n) is 8.86. The first kappa shape index (κ1) is 15.3. The Bertz CT molecular complexity index is 815. The van der Waals surface area contributed by atoms with Crippen LogP contribution in [0.2, 0.25) is 0 Å². The van der Waals surface area contributed by atoms with Crippen molar-refractivity contribution in [1.82, 2.24) is 4.98 Å². The van der Waals surface area contributed by atoms with Crippen molar-refractivity contribution in [1.29, 1.82) is 0 Å². The molecule has 0 radical (unpaired) electrons. The van der Waals surface area contributed by atoms with Gasteiger partial charge >= 0.3 is 0 Å². The van der Waals surface area contributed by atoms with E-state index in [-0.39, 0.29) is 0 Å². The number of H-pyrrole nitrogens is 1. The summed E-state index contributed by atoms with van der Waals surface area (Å²) in [5.74, 6) is 1.68. The second-order valence-corrected chi connectivity index (χ2v) is 6.80. The van der Waals surface area contributed by atoms with E-state index in [1.165, 1.54) is 48.0 Å². The van der Waals surface area contributed by atoms with Crippen LogP contribution < -0.4 is 9.64 Å². The number of ether oxygens (including phenoxy) is 1. The standard InChI is InChI=1S/C21H24N2O/c1-24-21-9-5-3-7-19(21)16-10-12-23(13-11-16)15-17-14-22-20-8-4-2-6-18(17)20/h2-9,14,16,22H,10-13,15H2,1H3/p+1. The quantitative estimate of drug-likeness (QED) is 0.759. The Hall–Kier alpha value is -2.26. The predicted octanol–water partition coefficient (Wildman–Crippen LogP) is 3.14. The maximum Gasteiger partial charge on any atom is 0.122 e. The van der Waals surface area contributed by atoms with Gasteiger partial charge in [-0.2, -0.15) is 0 Å². The van der Waals surface area contributed by atoms with Crippen molar-refractivity contribution in [2.45, 2.75) is 25.3 Å². The van der Waals surface area contributed by atoms with Crippen LogP contribution in [-0.2, 0) is 6.54 Å². The van der Waals surface area contributed by atoms with Crippen molar-refractivity contribution >= 4 is 10.9 Å². The monoisotopic (exact) mass is 321 g/mol. The van der Waals surface area contributed by atoms with Crippen molar-refractivity contribution in [2.75, 3.05) is 20.2 Å². The number of hydrogen-bond acceptors (Lipinski definition) is 1. The van der Waals surface area contributed by atoms with E-state index < -0.39 is 0 Å². The van der Waals surface area contributed by atoms with E-state index >= 15 is 0 Å². The van der Waals surface area contributed by atoms with E-state index in [1.54, 1.807) is 12.0 Å². The number of nitrogens with one attached hydrogen (secondary N) is 2. The Morgan fingerprint density at radius 2 is 1.79 bits per heavy atom. The minimum Gasteiger partial charge on any atom is -0.496 e. The molecule has 0 saturated carbocycles. The van der Waals surface area contributed by atoms with E-state index in [0.717, 1.165) is 12.3 Å². The summed E-state index contributed by atoms with van der Waals surface area (Å²) in [5.41, 5.74) is 4.07. The molecule has 1 aliphatic heterocycles. The van der Waals surface area contributed by atoms with E-state index in [2.05, 4.69) is 59.7 Å². The molecule has 124 valence electrons. The molecule has 2 N–H and O–H groups in total. The van der Waals surface area contributed by atoms with Crippen molar-refractivity contribution < 1.29 is 9.64 Å². The average Bonchev–Trinajstić information content (AvgIpc) is 3.05. The van der Waals surface area contributed by atoms with Crippen LogP contribution in [0.4, 0.5) is 0 Å². The summed E-state index contributed by atoms with van der Waals surface area (Å²) in [5, 5.41) is 1.37. The third kappa shape index (κ3) is 2.92. The summed E-state index contributed by atoms with van der Waals surface area (Å²) in [6, 6.07) is 17.1. The van der Waals surface area contributed by atoms with Gasteiger partial charge in [-0.3, -0.25) is 0 Å². The van der Waals surface area contributed by atoms with Gasteiger partial charge in [0.15, 0.2) is 0 Å². The van der Waals surface area contributed by atoms with Crippen LogP contribution in [0.15, 0.2) is 54.7 Å². The zero-order valence-electron chi connectivity index (χ0n) is 14.2. The summed E-state index contributed by atoms with van der Waals surface area (Å²) in [6.07, 6.45) is 4.65. The molecule has 2 heterocycles. The molecule has 3 aromatic rings. The van der Waals surface area contributed by atoms with Gasteiger partial charge in [-0.25, -0.2) is 0 Å². The fraction of sp³-hybridized carbons (Fsp3) is 0.333. The number of hydrogen-bond donors (Lipinski definition) is 2. The normalized spacial score (nSPS) is 21.0. The molecule has 1 aliphatic rings. The molecule has 0 spiro atoms. The van der Waals surface area contributed by atoms with Gasteiger partial charge in [0, 0.05) is 35.5 Å². The highest BCUT2D eigenvalue weighted by molar-refractivity contribution is 5.82. The van der Waals surface area contributed by atoms with Gasteiger partial charge in [-0.05, 0) is 23.6 Å². The fourth-order valence-corrected chi connectivity index (χ4v) is 4.06. The molecular formula is C21H25N2O+. The molecule has 0 bridgehead atoms. The second-order valence-electron chi connectivity index (χ2n) is 6.80. The predicted molar refractivity (Wildman–Crippen MR) is 97.7 cm³/mol. The van der Waals surface area contributed by atoms with Gasteiger partial charge in [0.1, 0.15) is 12.3 Å². The third-order valence-electron chi connectivity index (χ3n) is 5.39. The van der Waals surface area contributed by atoms with Gasteiger partial charge < -0.3 is 14.6 Å². The lowest BCUT2D eigenvalue weighted by Crippen LogP contribution is -3.11. The Morgan fingerprint density at radius 1 is 1.04 bits per heavy atom. The molecule has 3 nitrogen and oxygen atoms in total. The van der Waals surface area contributed by atoms with E-state index in [9.17, 15) is 0 Å². The zero-order chi connectivity index (χ0) is 16.4. The first-order chi connectivity index (χ1) is 11.8. The summed E-state index contributed by atoms with van der Waals surface area (Å²) in [4.78, 5) is 5.08. The smallest absolute Gasteiger partial charge is 0.122 e. The van der Waals surface area contributed by atoms with Crippen molar-refractivity contribution in [3.8, 4) is 5.75 Å². The molecule has 4 rings (SSSR count). The van der Waals surface area contributed by atoms with Gasteiger partial charge in [0.25, 0.3) is 0 Å². The molecule has 0 aliphatic carbocycles. The highest BCUT2D eigenvalue weighted by atomic mass is 16.5. The molecule has 24 heavy (non-hydrogen) atoms. The number of para-hydroxylation sites is 2. The third-order valence-corrected chi connectivity index (χ3v) is 5.39. The minimum atomic E-state index is 0.632. The Morgan fingerprint density at radius 3 is 2.62 bits per heavy atom. The Balaban J connectivity index is 1.43. The van der Waals surface area contributed by atoms with Crippen LogP contribution in [0, 0.1) is 0 Å². The second kappa shape index (κ2) is 6.70. The molecule has 0 amide bonds. The van der Waals surface area contributed by atoms with Crippen LogP contribution >= 0.6 is 0 Å². The van der Waals surface area contributed by atoms with Crippen LogP contribution in [0.5, 0.6) is 5.75 Å². The Kier molecular flexibility index (Phi) is 4.26. The number of aromatic nitrogens is 1. The van der Waals surface area contributed by atoms with E-state index in [1.807, 2.05) is 0 Å². The van der Waals surface area contributed by atoms with E-state index in [0.29, 0.717) is 5.92 Å². The molecular weight excluding hydrogens is 296 g/mol. The Labute approximate surface area is 143 Å². The van der Waals surface area contributed by atoms with Crippen LogP contribution in [0.25, 0.3) is 10.9 Å². The number of quaternary nitrogens is 1. The summed E-state index contributed by atoms with van der Waals surface area (Å²) in [7, 11) is 1.77. The van der Waals surface area contributed by atoms with Gasteiger partial charge in [-0.15, -0.1) is 0 Å². The molecule has 3 heteroatoms. The summed E-state index contributed by atoms with van der Waals surface area (Å²) in [6.45, 7) is 3.56. The number of rotatable bonds is 4. The van der Waals surface area contributed by atoms with Gasteiger partial charge in [-0.1, -0.05) is 36.4 Å². The maximum absolute atomic E-state index is 5.55. The summed E-state index contributed by atoms with van der Waals surface area (Å²) < 4.78 is 5.55. The number of aromatic amines is 1. The lowest BCUT2D eigenvalue weighted by molar-refractivity contribution is -0.918. The van der Waals surface area contributed by atoms with Crippen molar-refractivity contribution in [3.63, 3.8) is 0 Å². The largest absolute Gasteiger partial charge is 0.496 e. The molecule has 2 aromatic carbocycles. The minimum absolute atomic E-state index is 0.632.